The molecule has 0 bridgehead atoms. The third-order valence-corrected chi connectivity index (χ3v) is 5.57. The van der Waals surface area contributed by atoms with E-state index >= 15 is 0 Å². The Kier molecular flexibility index (Phi) is 4.57. The summed E-state index contributed by atoms with van der Waals surface area (Å²) in [5, 5.41) is 0.419. The van der Waals surface area contributed by atoms with Gasteiger partial charge in [0.2, 0.25) is 0 Å². The molecule has 0 fully saturated rings. The number of amides is 1. The van der Waals surface area contributed by atoms with Crippen molar-refractivity contribution in [3.05, 3.63) is 82.5 Å². The summed E-state index contributed by atoms with van der Waals surface area (Å²) < 4.78 is 20.8. The topological polar surface area (TPSA) is 46.3 Å². The van der Waals surface area contributed by atoms with E-state index in [0.29, 0.717) is 25.6 Å². The van der Waals surface area contributed by atoms with E-state index in [2.05, 4.69) is 20.9 Å². The van der Waals surface area contributed by atoms with E-state index in [9.17, 15) is 9.18 Å². The molecule has 4 nitrogen and oxygen atoms in total. The van der Waals surface area contributed by atoms with Crippen molar-refractivity contribution in [2.24, 2.45) is 0 Å². The number of furan rings is 1. The van der Waals surface area contributed by atoms with Gasteiger partial charge < -0.3 is 4.42 Å². The molecule has 2 aromatic heterocycles. The monoisotopic (exact) mass is 430 g/mol. The number of halogens is 2. The molecular formula is C19H12BrFN2O2S. The quantitative estimate of drug-likeness (QED) is 0.420. The number of thiazole rings is 1. The first-order chi connectivity index (χ1) is 12.6. The Morgan fingerprint density at radius 2 is 2.00 bits per heavy atom. The third-order valence-electron chi connectivity index (χ3n) is 3.83. The summed E-state index contributed by atoms with van der Waals surface area (Å²) in [5.74, 6) is -0.0326. The van der Waals surface area contributed by atoms with Crippen LogP contribution in [0.15, 0.2) is 69.8 Å². The number of anilines is 1. The molecule has 0 aliphatic heterocycles. The Morgan fingerprint density at radius 1 is 1.15 bits per heavy atom. The molecule has 4 aromatic rings. The first-order valence-electron chi connectivity index (χ1n) is 7.77. The van der Waals surface area contributed by atoms with Crippen LogP contribution in [0.3, 0.4) is 0 Å². The highest BCUT2D eigenvalue weighted by Gasteiger charge is 2.24. The smallest absolute Gasteiger partial charge is 0.261 e. The van der Waals surface area contributed by atoms with Gasteiger partial charge in [0.05, 0.1) is 23.1 Å². The lowest BCUT2D eigenvalue weighted by Crippen LogP contribution is -2.30. The average molecular weight is 431 g/mol. The van der Waals surface area contributed by atoms with Crippen LogP contribution in [-0.2, 0) is 6.54 Å². The molecule has 130 valence electrons. The Bertz CT molecular complexity index is 1080. The molecule has 0 spiro atoms. The maximum atomic E-state index is 14.0. The molecule has 0 saturated heterocycles. The van der Waals surface area contributed by atoms with Crippen molar-refractivity contribution in [1.82, 2.24) is 4.98 Å². The van der Waals surface area contributed by atoms with Crippen molar-refractivity contribution >= 4 is 48.5 Å². The second-order valence-electron chi connectivity index (χ2n) is 5.53. The van der Waals surface area contributed by atoms with Crippen molar-refractivity contribution in [1.29, 1.82) is 0 Å². The molecule has 0 unspecified atom stereocenters. The van der Waals surface area contributed by atoms with Gasteiger partial charge in [0.15, 0.2) is 5.13 Å². The minimum absolute atomic E-state index is 0.203. The number of benzene rings is 2. The van der Waals surface area contributed by atoms with Gasteiger partial charge in [-0.1, -0.05) is 29.5 Å². The van der Waals surface area contributed by atoms with Gasteiger partial charge in [-0.3, -0.25) is 9.69 Å². The fourth-order valence-corrected chi connectivity index (χ4v) is 4.02. The number of fused-ring (bicyclic) bond motifs is 1. The zero-order valence-corrected chi connectivity index (χ0v) is 15.8. The number of hydrogen-bond donors (Lipinski definition) is 0. The fraction of sp³-hybridized carbons (Fsp3) is 0.0526. The second kappa shape index (κ2) is 7.01. The van der Waals surface area contributed by atoms with Crippen LogP contribution in [0.4, 0.5) is 9.52 Å². The number of carbonyl (C=O) groups is 1. The van der Waals surface area contributed by atoms with E-state index in [1.54, 1.807) is 48.7 Å². The summed E-state index contributed by atoms with van der Waals surface area (Å²) in [6.45, 7) is 0.203. The Morgan fingerprint density at radius 3 is 2.73 bits per heavy atom. The predicted octanol–water partition coefficient (Wildman–Crippen LogP) is 5.64. The zero-order valence-electron chi connectivity index (χ0n) is 13.4. The van der Waals surface area contributed by atoms with Crippen LogP contribution >= 0.6 is 27.3 Å². The molecule has 4 rings (SSSR count). The van der Waals surface area contributed by atoms with Crippen LogP contribution in [-0.4, -0.2) is 10.9 Å². The summed E-state index contributed by atoms with van der Waals surface area (Å²) in [6.07, 6.45) is 1.55. The van der Waals surface area contributed by atoms with Gasteiger partial charge in [-0.15, -0.1) is 0 Å². The second-order valence-corrected chi connectivity index (χ2v) is 7.40. The van der Waals surface area contributed by atoms with E-state index in [4.69, 9.17) is 4.42 Å². The number of carbonyl (C=O) groups excluding carboxylic acids is 1. The van der Waals surface area contributed by atoms with Gasteiger partial charge in [-0.05, 0) is 52.3 Å². The Labute approximate surface area is 161 Å². The van der Waals surface area contributed by atoms with E-state index in [0.717, 1.165) is 0 Å². The standard InChI is InChI=1S/C19H12BrFN2O2S/c20-14-7-2-1-6-13(14)18(24)23(11-12-5-4-10-25-12)19-22-17-15(21)8-3-9-16(17)26-19/h1-10H,11H2. The molecule has 1 amide bonds. The maximum absolute atomic E-state index is 14.0. The molecule has 2 aromatic carbocycles. The van der Waals surface area contributed by atoms with Crippen molar-refractivity contribution in [2.45, 2.75) is 6.54 Å². The van der Waals surface area contributed by atoms with Crippen molar-refractivity contribution in [3.63, 3.8) is 0 Å². The highest BCUT2D eigenvalue weighted by Crippen LogP contribution is 2.32. The van der Waals surface area contributed by atoms with Crippen LogP contribution in [0.2, 0.25) is 0 Å². The maximum Gasteiger partial charge on any atom is 0.261 e. The third kappa shape index (κ3) is 3.15. The summed E-state index contributed by atoms with van der Waals surface area (Å²) in [7, 11) is 0. The molecule has 0 N–H and O–H groups in total. The molecule has 26 heavy (non-hydrogen) atoms. The van der Waals surface area contributed by atoms with E-state index in [1.165, 1.54) is 22.3 Å². The Balaban J connectivity index is 1.80. The van der Waals surface area contributed by atoms with Crippen LogP contribution in [0.1, 0.15) is 16.1 Å². The van der Waals surface area contributed by atoms with Gasteiger partial charge in [0, 0.05) is 4.47 Å². The van der Waals surface area contributed by atoms with Gasteiger partial charge in [0.1, 0.15) is 17.1 Å². The van der Waals surface area contributed by atoms with Crippen molar-refractivity contribution in [3.8, 4) is 0 Å². The minimum atomic E-state index is -0.406. The molecule has 0 atom stereocenters. The van der Waals surface area contributed by atoms with Gasteiger partial charge >= 0.3 is 0 Å². The number of para-hydroxylation sites is 1. The predicted molar refractivity (Wildman–Crippen MR) is 103 cm³/mol. The molecule has 0 aliphatic carbocycles. The average Bonchev–Trinajstić information content (AvgIpc) is 3.29. The van der Waals surface area contributed by atoms with E-state index in [1.807, 2.05) is 6.07 Å². The van der Waals surface area contributed by atoms with E-state index < -0.39 is 5.82 Å². The van der Waals surface area contributed by atoms with Crippen LogP contribution < -0.4 is 4.90 Å². The first-order valence-corrected chi connectivity index (χ1v) is 9.38. The first kappa shape index (κ1) is 16.9. The summed E-state index contributed by atoms with van der Waals surface area (Å²) in [6, 6.07) is 15.5. The number of aromatic nitrogens is 1. The lowest BCUT2D eigenvalue weighted by molar-refractivity contribution is 0.0982. The number of rotatable bonds is 4. The van der Waals surface area contributed by atoms with Crippen molar-refractivity contribution in [2.75, 3.05) is 4.90 Å². The minimum Gasteiger partial charge on any atom is -0.467 e. The van der Waals surface area contributed by atoms with Crippen molar-refractivity contribution < 1.29 is 13.6 Å². The normalized spacial score (nSPS) is 11.0. The SMILES string of the molecule is O=C(c1ccccc1Br)N(Cc1ccco1)c1nc2c(F)cccc2s1. The number of nitrogens with zero attached hydrogens (tertiary/aromatic N) is 2. The molecule has 7 heteroatoms. The molecule has 0 radical (unpaired) electrons. The fourth-order valence-electron chi connectivity index (χ4n) is 2.58. The highest BCUT2D eigenvalue weighted by molar-refractivity contribution is 9.10. The molecule has 0 saturated carbocycles. The molecule has 0 aliphatic rings. The largest absolute Gasteiger partial charge is 0.467 e. The molecule has 2 heterocycles. The number of hydrogen-bond acceptors (Lipinski definition) is 4. The lowest BCUT2D eigenvalue weighted by Gasteiger charge is -2.19. The van der Waals surface area contributed by atoms with Crippen LogP contribution in [0, 0.1) is 5.82 Å². The van der Waals surface area contributed by atoms with Gasteiger partial charge in [0.25, 0.3) is 5.91 Å². The van der Waals surface area contributed by atoms with Gasteiger partial charge in [-0.25, -0.2) is 9.37 Å². The lowest BCUT2D eigenvalue weighted by atomic mass is 10.2. The summed E-state index contributed by atoms with van der Waals surface area (Å²) in [4.78, 5) is 19.0. The zero-order chi connectivity index (χ0) is 18.1. The highest BCUT2D eigenvalue weighted by atomic mass is 79.9. The van der Waals surface area contributed by atoms with Crippen LogP contribution in [0.25, 0.3) is 10.2 Å². The summed E-state index contributed by atoms with van der Waals surface area (Å²) >= 11 is 4.68. The Hall–Kier alpha value is -2.51. The molecular weight excluding hydrogens is 419 g/mol. The summed E-state index contributed by atoms with van der Waals surface area (Å²) in [5.41, 5.74) is 0.760. The van der Waals surface area contributed by atoms with Gasteiger partial charge in [-0.2, -0.15) is 0 Å². The van der Waals surface area contributed by atoms with E-state index in [-0.39, 0.29) is 18.0 Å². The van der Waals surface area contributed by atoms with Crippen LogP contribution in [0.5, 0.6) is 0 Å².